The van der Waals surface area contributed by atoms with E-state index in [0.717, 1.165) is 0 Å². The Morgan fingerprint density at radius 3 is 2.91 bits per heavy atom. The van der Waals surface area contributed by atoms with Gasteiger partial charge in [-0.15, -0.1) is 0 Å². The molecular weight excluding hydrogens is 282 g/mol. The van der Waals surface area contributed by atoms with Crippen LogP contribution >= 0.6 is 0 Å². The van der Waals surface area contributed by atoms with Crippen LogP contribution < -0.4 is 0 Å². The van der Waals surface area contributed by atoms with Gasteiger partial charge in [0, 0.05) is 7.11 Å². The third-order valence-electron chi connectivity index (χ3n) is 3.26. The van der Waals surface area contributed by atoms with Crippen molar-refractivity contribution in [2.45, 2.75) is 20.0 Å². The first-order valence-corrected chi connectivity index (χ1v) is 6.90. The van der Waals surface area contributed by atoms with Gasteiger partial charge in [-0.05, 0) is 32.0 Å². The van der Waals surface area contributed by atoms with Crippen LogP contribution in [0, 0.1) is 11.3 Å². The van der Waals surface area contributed by atoms with Crippen LogP contribution in [-0.4, -0.2) is 29.5 Å². The summed E-state index contributed by atoms with van der Waals surface area (Å²) in [5.74, 6) is -0.441. The Hall–Kier alpha value is -2.65. The van der Waals surface area contributed by atoms with Crippen LogP contribution in [0.5, 0.6) is 0 Å². The van der Waals surface area contributed by atoms with Gasteiger partial charge in [-0.25, -0.2) is 9.48 Å². The number of aromatic nitrogens is 2. The molecule has 0 spiro atoms. The topological polar surface area (TPSA) is 77.1 Å². The first-order valence-electron chi connectivity index (χ1n) is 6.90. The molecule has 1 aromatic carbocycles. The van der Waals surface area contributed by atoms with E-state index >= 15 is 0 Å². The molecule has 22 heavy (non-hydrogen) atoms. The van der Waals surface area contributed by atoms with Crippen LogP contribution in [0.15, 0.2) is 30.5 Å². The molecule has 0 bridgehead atoms. The van der Waals surface area contributed by atoms with E-state index in [-0.39, 0.29) is 12.7 Å². The first-order chi connectivity index (χ1) is 10.6. The summed E-state index contributed by atoms with van der Waals surface area (Å²) in [5.41, 5.74) is 2.16. The molecule has 0 aliphatic carbocycles. The number of benzene rings is 1. The maximum atomic E-state index is 12.1. The maximum absolute atomic E-state index is 12.1. The number of esters is 1. The predicted molar refractivity (Wildman–Crippen MR) is 79.7 cm³/mol. The van der Waals surface area contributed by atoms with Gasteiger partial charge in [0.15, 0.2) is 0 Å². The summed E-state index contributed by atoms with van der Waals surface area (Å²) in [5, 5.41) is 13.3. The molecule has 6 heteroatoms. The standard InChI is InChI=1S/C16H17N3O3/c1-4-22-16(20)14-10-18-19(15(14)11(2)21-3)13-7-5-6-12(8-13)9-17/h5-8,10-11H,4H2,1-3H3. The summed E-state index contributed by atoms with van der Waals surface area (Å²) in [4.78, 5) is 12.1. The predicted octanol–water partition coefficient (Wildman–Crippen LogP) is 2.63. The van der Waals surface area contributed by atoms with Gasteiger partial charge in [0.2, 0.25) is 0 Å². The van der Waals surface area contributed by atoms with E-state index in [1.165, 1.54) is 6.20 Å². The van der Waals surface area contributed by atoms with E-state index in [4.69, 9.17) is 14.7 Å². The molecule has 1 atom stereocenters. The fourth-order valence-electron chi connectivity index (χ4n) is 2.14. The van der Waals surface area contributed by atoms with Crippen LogP contribution in [0.2, 0.25) is 0 Å². The lowest BCUT2D eigenvalue weighted by Crippen LogP contribution is -2.13. The molecule has 1 heterocycles. The smallest absolute Gasteiger partial charge is 0.341 e. The number of hydrogen-bond acceptors (Lipinski definition) is 5. The monoisotopic (exact) mass is 299 g/mol. The third kappa shape index (κ3) is 3.00. The normalized spacial score (nSPS) is 11.7. The number of carbonyl (C=O) groups excluding carboxylic acids is 1. The molecule has 0 amide bonds. The van der Waals surface area contributed by atoms with E-state index in [9.17, 15) is 4.79 Å². The van der Waals surface area contributed by atoms with Gasteiger partial charge in [0.1, 0.15) is 5.56 Å². The van der Waals surface area contributed by atoms with Crippen molar-refractivity contribution in [3.8, 4) is 11.8 Å². The average molecular weight is 299 g/mol. The van der Waals surface area contributed by atoms with E-state index in [1.54, 1.807) is 36.9 Å². The second-order valence-electron chi connectivity index (χ2n) is 4.62. The second-order valence-corrected chi connectivity index (χ2v) is 4.62. The van der Waals surface area contributed by atoms with Crippen LogP contribution in [0.1, 0.15) is 41.6 Å². The van der Waals surface area contributed by atoms with Crippen molar-refractivity contribution in [2.24, 2.45) is 0 Å². The number of methoxy groups -OCH3 is 1. The highest BCUT2D eigenvalue weighted by Crippen LogP contribution is 2.25. The van der Waals surface area contributed by atoms with Crippen LogP contribution in [0.3, 0.4) is 0 Å². The van der Waals surface area contributed by atoms with Gasteiger partial charge in [-0.1, -0.05) is 6.07 Å². The molecule has 0 saturated carbocycles. The minimum Gasteiger partial charge on any atom is -0.462 e. The molecule has 2 rings (SSSR count). The highest BCUT2D eigenvalue weighted by molar-refractivity contribution is 5.90. The summed E-state index contributed by atoms with van der Waals surface area (Å²) in [6.45, 7) is 3.86. The SMILES string of the molecule is CCOC(=O)c1cnn(-c2cccc(C#N)c2)c1C(C)OC. The minimum absolute atomic E-state index is 0.286. The number of hydrogen-bond donors (Lipinski definition) is 0. The largest absolute Gasteiger partial charge is 0.462 e. The Bertz CT molecular complexity index is 716. The molecule has 0 aliphatic rings. The van der Waals surface area contributed by atoms with Crippen molar-refractivity contribution in [1.29, 1.82) is 5.26 Å². The lowest BCUT2D eigenvalue weighted by atomic mass is 10.1. The molecule has 0 aliphatic heterocycles. The molecule has 1 unspecified atom stereocenters. The Labute approximate surface area is 128 Å². The lowest BCUT2D eigenvalue weighted by Gasteiger charge is -2.15. The summed E-state index contributed by atoms with van der Waals surface area (Å²) in [7, 11) is 1.56. The average Bonchev–Trinajstić information content (AvgIpc) is 2.99. The maximum Gasteiger partial charge on any atom is 0.341 e. The van der Waals surface area contributed by atoms with Gasteiger partial charge in [-0.2, -0.15) is 10.4 Å². The van der Waals surface area contributed by atoms with Crippen molar-refractivity contribution in [3.05, 3.63) is 47.3 Å². The number of nitrogens with zero attached hydrogens (tertiary/aromatic N) is 3. The van der Waals surface area contributed by atoms with Gasteiger partial charge in [-0.3, -0.25) is 0 Å². The quantitative estimate of drug-likeness (QED) is 0.793. The highest BCUT2D eigenvalue weighted by atomic mass is 16.5. The van der Waals surface area contributed by atoms with Crippen molar-refractivity contribution in [3.63, 3.8) is 0 Å². The Balaban J connectivity index is 2.56. The van der Waals surface area contributed by atoms with Crippen molar-refractivity contribution in [1.82, 2.24) is 9.78 Å². The van der Waals surface area contributed by atoms with E-state index in [1.807, 2.05) is 13.0 Å². The second kappa shape index (κ2) is 6.87. The zero-order chi connectivity index (χ0) is 16.1. The van der Waals surface area contributed by atoms with Crippen LogP contribution in [-0.2, 0) is 9.47 Å². The lowest BCUT2D eigenvalue weighted by molar-refractivity contribution is 0.0514. The molecule has 1 aromatic heterocycles. The molecule has 0 saturated heterocycles. The van der Waals surface area contributed by atoms with E-state index < -0.39 is 5.97 Å². The van der Waals surface area contributed by atoms with Crippen molar-refractivity contribution in [2.75, 3.05) is 13.7 Å². The number of ether oxygens (including phenoxy) is 2. The van der Waals surface area contributed by atoms with Crippen molar-refractivity contribution >= 4 is 5.97 Å². The Morgan fingerprint density at radius 1 is 1.50 bits per heavy atom. The molecule has 6 nitrogen and oxygen atoms in total. The Kier molecular flexibility index (Phi) is 4.92. The zero-order valence-corrected chi connectivity index (χ0v) is 12.7. The highest BCUT2D eigenvalue weighted by Gasteiger charge is 2.24. The number of carbonyl (C=O) groups is 1. The van der Waals surface area contributed by atoms with E-state index in [0.29, 0.717) is 22.5 Å². The molecular formula is C16H17N3O3. The summed E-state index contributed by atoms with van der Waals surface area (Å²) in [6.07, 6.45) is 1.11. The third-order valence-corrected chi connectivity index (χ3v) is 3.26. The summed E-state index contributed by atoms with van der Waals surface area (Å²) >= 11 is 0. The van der Waals surface area contributed by atoms with Gasteiger partial charge < -0.3 is 9.47 Å². The fourth-order valence-corrected chi connectivity index (χ4v) is 2.14. The molecule has 2 aromatic rings. The molecule has 0 radical (unpaired) electrons. The molecule has 114 valence electrons. The van der Waals surface area contributed by atoms with Crippen molar-refractivity contribution < 1.29 is 14.3 Å². The van der Waals surface area contributed by atoms with Gasteiger partial charge in [0.25, 0.3) is 0 Å². The fraction of sp³-hybridized carbons (Fsp3) is 0.312. The summed E-state index contributed by atoms with van der Waals surface area (Å²) in [6, 6.07) is 9.07. The minimum atomic E-state index is -0.441. The summed E-state index contributed by atoms with van der Waals surface area (Å²) < 4.78 is 12.0. The van der Waals surface area contributed by atoms with Crippen LogP contribution in [0.25, 0.3) is 5.69 Å². The van der Waals surface area contributed by atoms with Gasteiger partial charge >= 0.3 is 5.97 Å². The van der Waals surface area contributed by atoms with Crippen LogP contribution in [0.4, 0.5) is 0 Å². The number of rotatable bonds is 5. The number of nitriles is 1. The molecule has 0 N–H and O–H groups in total. The molecule has 0 fully saturated rings. The van der Waals surface area contributed by atoms with Gasteiger partial charge in [0.05, 0.1) is 41.9 Å². The van der Waals surface area contributed by atoms with E-state index in [2.05, 4.69) is 11.2 Å². The Morgan fingerprint density at radius 2 is 2.27 bits per heavy atom. The zero-order valence-electron chi connectivity index (χ0n) is 12.7. The first kappa shape index (κ1) is 15.7.